The number of nitrogens with zero attached hydrogens (tertiary/aromatic N) is 1. The van der Waals surface area contributed by atoms with Crippen LogP contribution in [0.3, 0.4) is 0 Å². The molecule has 0 aliphatic carbocycles. The smallest absolute Gasteiger partial charge is 0.326 e. The van der Waals surface area contributed by atoms with Gasteiger partial charge in [0.25, 0.3) is 0 Å². The second kappa shape index (κ2) is 7.36. The maximum Gasteiger partial charge on any atom is 0.326 e. The van der Waals surface area contributed by atoms with E-state index in [0.717, 1.165) is 19.3 Å². The van der Waals surface area contributed by atoms with Crippen LogP contribution in [0.25, 0.3) is 0 Å². The molecular formula is C14H26N2O3. The molecule has 0 spiro atoms. The quantitative estimate of drug-likeness (QED) is 0.805. The highest BCUT2D eigenvalue weighted by Crippen LogP contribution is 2.25. The van der Waals surface area contributed by atoms with E-state index >= 15 is 0 Å². The van der Waals surface area contributed by atoms with Gasteiger partial charge < -0.3 is 15.3 Å². The molecule has 2 N–H and O–H groups in total. The number of hydrogen-bond donors (Lipinski definition) is 2. The van der Waals surface area contributed by atoms with Crippen LogP contribution in [0, 0.1) is 11.8 Å². The molecule has 3 atom stereocenters. The largest absolute Gasteiger partial charge is 0.480 e. The number of amides is 2. The Balaban J connectivity index is 2.59. The van der Waals surface area contributed by atoms with Crippen LogP contribution in [0.1, 0.15) is 46.5 Å². The number of hydrogen-bond acceptors (Lipinski definition) is 2. The number of nitrogens with one attached hydrogen (secondary N) is 1. The number of carboxylic acids is 1. The Morgan fingerprint density at radius 1 is 1.42 bits per heavy atom. The van der Waals surface area contributed by atoms with Crippen molar-refractivity contribution in [2.45, 2.75) is 52.5 Å². The highest BCUT2D eigenvalue weighted by atomic mass is 16.4. The highest BCUT2D eigenvalue weighted by molar-refractivity contribution is 5.82. The second-order valence-electron chi connectivity index (χ2n) is 5.55. The van der Waals surface area contributed by atoms with Crippen molar-refractivity contribution in [2.24, 2.45) is 11.8 Å². The van der Waals surface area contributed by atoms with Gasteiger partial charge in [-0.25, -0.2) is 9.59 Å². The van der Waals surface area contributed by atoms with Crippen LogP contribution >= 0.6 is 0 Å². The molecule has 0 aromatic rings. The lowest BCUT2D eigenvalue weighted by Crippen LogP contribution is -2.54. The van der Waals surface area contributed by atoms with E-state index in [1.165, 1.54) is 4.90 Å². The molecule has 1 fully saturated rings. The van der Waals surface area contributed by atoms with Crippen LogP contribution < -0.4 is 5.32 Å². The molecule has 1 aliphatic rings. The monoisotopic (exact) mass is 270 g/mol. The van der Waals surface area contributed by atoms with Crippen molar-refractivity contribution < 1.29 is 14.7 Å². The fourth-order valence-electron chi connectivity index (χ4n) is 2.39. The van der Waals surface area contributed by atoms with E-state index in [1.807, 2.05) is 0 Å². The minimum atomic E-state index is -0.892. The van der Waals surface area contributed by atoms with Gasteiger partial charge in [0.1, 0.15) is 6.04 Å². The van der Waals surface area contributed by atoms with Crippen LogP contribution in [0.2, 0.25) is 0 Å². The number of carboxylic acid groups (broad SMARTS) is 1. The van der Waals surface area contributed by atoms with Crippen molar-refractivity contribution in [2.75, 3.05) is 13.1 Å². The summed E-state index contributed by atoms with van der Waals surface area (Å²) in [6.45, 7) is 7.36. The van der Waals surface area contributed by atoms with E-state index in [0.29, 0.717) is 31.3 Å². The Kier molecular flexibility index (Phi) is 6.12. The van der Waals surface area contributed by atoms with Crippen molar-refractivity contribution in [1.82, 2.24) is 10.2 Å². The Morgan fingerprint density at radius 3 is 2.63 bits per heavy atom. The van der Waals surface area contributed by atoms with Gasteiger partial charge in [-0.1, -0.05) is 33.6 Å². The number of likely N-dealkylation sites (tertiary alicyclic amines) is 1. The summed E-state index contributed by atoms with van der Waals surface area (Å²) < 4.78 is 0. The van der Waals surface area contributed by atoms with Gasteiger partial charge in [-0.3, -0.25) is 0 Å². The third-order valence-electron chi connectivity index (χ3n) is 4.13. The summed E-state index contributed by atoms with van der Waals surface area (Å²) in [6.07, 6.45) is 3.45. The van der Waals surface area contributed by atoms with Crippen molar-refractivity contribution in [3.8, 4) is 0 Å². The number of urea groups is 1. The van der Waals surface area contributed by atoms with Gasteiger partial charge in [0.15, 0.2) is 0 Å². The average Bonchev–Trinajstić information content (AvgIpc) is 2.43. The number of piperidine rings is 1. The van der Waals surface area contributed by atoms with E-state index in [9.17, 15) is 14.7 Å². The molecule has 5 nitrogen and oxygen atoms in total. The van der Waals surface area contributed by atoms with E-state index in [1.54, 1.807) is 0 Å². The molecule has 110 valence electrons. The first-order chi connectivity index (χ1) is 8.99. The summed E-state index contributed by atoms with van der Waals surface area (Å²) in [5, 5.41) is 12.1. The number of carbonyl (C=O) groups is 2. The molecule has 1 saturated heterocycles. The standard InChI is InChI=1S/C14H26N2O3/c1-4-10(3)9-15-14(19)16-7-6-11(5-2)8-12(16)13(17)18/h10-12H,4-9H2,1-3H3,(H,15,19)(H,17,18). The average molecular weight is 270 g/mol. The summed E-state index contributed by atoms with van der Waals surface area (Å²) in [4.78, 5) is 24.9. The van der Waals surface area contributed by atoms with Gasteiger partial charge in [0.05, 0.1) is 0 Å². The third kappa shape index (κ3) is 4.40. The van der Waals surface area contributed by atoms with Crippen molar-refractivity contribution in [3.05, 3.63) is 0 Å². The van der Waals surface area contributed by atoms with Crippen molar-refractivity contribution in [3.63, 3.8) is 0 Å². The molecule has 0 saturated carbocycles. The van der Waals surface area contributed by atoms with Crippen LogP contribution in [0.4, 0.5) is 4.79 Å². The summed E-state index contributed by atoms with van der Waals surface area (Å²) in [5.74, 6) is -0.0584. The zero-order valence-corrected chi connectivity index (χ0v) is 12.2. The first-order valence-corrected chi connectivity index (χ1v) is 7.26. The molecule has 0 radical (unpaired) electrons. The molecule has 5 heteroatoms. The van der Waals surface area contributed by atoms with Crippen LogP contribution in [0.5, 0.6) is 0 Å². The summed E-state index contributed by atoms with van der Waals surface area (Å²) in [7, 11) is 0. The van der Waals surface area contributed by atoms with Gasteiger partial charge in [-0.15, -0.1) is 0 Å². The molecular weight excluding hydrogens is 244 g/mol. The predicted octanol–water partition coefficient (Wildman–Crippen LogP) is 2.32. The maximum atomic E-state index is 12.1. The summed E-state index contributed by atoms with van der Waals surface area (Å²) in [6, 6.07) is -0.905. The molecule has 1 rings (SSSR count). The SMILES string of the molecule is CCC(C)CNC(=O)N1CCC(CC)CC1C(=O)O. The Labute approximate surface area is 115 Å². The molecule has 0 aromatic heterocycles. The van der Waals surface area contributed by atoms with E-state index in [-0.39, 0.29) is 6.03 Å². The molecule has 19 heavy (non-hydrogen) atoms. The molecule has 3 unspecified atom stereocenters. The topological polar surface area (TPSA) is 69.6 Å². The fraction of sp³-hybridized carbons (Fsp3) is 0.857. The number of rotatable bonds is 5. The van der Waals surface area contributed by atoms with Crippen LogP contribution in [-0.4, -0.2) is 41.1 Å². The lowest BCUT2D eigenvalue weighted by atomic mass is 9.89. The normalized spacial score (nSPS) is 24.9. The molecule has 1 aliphatic heterocycles. The number of aliphatic carboxylic acids is 1. The first-order valence-electron chi connectivity index (χ1n) is 7.26. The highest BCUT2D eigenvalue weighted by Gasteiger charge is 2.35. The van der Waals surface area contributed by atoms with Gasteiger partial charge in [-0.2, -0.15) is 0 Å². The van der Waals surface area contributed by atoms with E-state index in [4.69, 9.17) is 0 Å². The first kappa shape index (κ1) is 15.8. The van der Waals surface area contributed by atoms with Crippen molar-refractivity contribution >= 4 is 12.0 Å². The van der Waals surface area contributed by atoms with E-state index < -0.39 is 12.0 Å². The summed E-state index contributed by atoms with van der Waals surface area (Å²) in [5.41, 5.74) is 0. The number of carbonyl (C=O) groups excluding carboxylic acids is 1. The predicted molar refractivity (Wildman–Crippen MR) is 74.0 cm³/mol. The minimum absolute atomic E-state index is 0.234. The second-order valence-corrected chi connectivity index (χ2v) is 5.55. The summed E-state index contributed by atoms with van der Waals surface area (Å²) >= 11 is 0. The molecule has 0 bridgehead atoms. The lowest BCUT2D eigenvalue weighted by Gasteiger charge is -2.37. The molecule has 1 heterocycles. The Morgan fingerprint density at radius 2 is 2.11 bits per heavy atom. The molecule has 2 amide bonds. The molecule has 0 aromatic carbocycles. The third-order valence-corrected chi connectivity index (χ3v) is 4.13. The van der Waals surface area contributed by atoms with Crippen LogP contribution in [0.15, 0.2) is 0 Å². The van der Waals surface area contributed by atoms with E-state index in [2.05, 4.69) is 26.1 Å². The van der Waals surface area contributed by atoms with Gasteiger partial charge in [0, 0.05) is 13.1 Å². The van der Waals surface area contributed by atoms with Gasteiger partial charge in [-0.05, 0) is 24.7 Å². The van der Waals surface area contributed by atoms with Crippen molar-refractivity contribution in [1.29, 1.82) is 0 Å². The fourth-order valence-corrected chi connectivity index (χ4v) is 2.39. The van der Waals surface area contributed by atoms with Crippen LogP contribution in [-0.2, 0) is 4.79 Å². The zero-order chi connectivity index (χ0) is 14.4. The Hall–Kier alpha value is -1.26. The minimum Gasteiger partial charge on any atom is -0.480 e. The van der Waals surface area contributed by atoms with Gasteiger partial charge in [0.2, 0.25) is 0 Å². The Bertz CT molecular complexity index is 320. The zero-order valence-electron chi connectivity index (χ0n) is 12.2. The van der Waals surface area contributed by atoms with Gasteiger partial charge >= 0.3 is 12.0 Å². The lowest BCUT2D eigenvalue weighted by molar-refractivity contribution is -0.144. The maximum absolute atomic E-state index is 12.1.